The third-order valence-electron chi connectivity index (χ3n) is 3.95. The molecule has 1 aromatic heterocycles. The molecule has 1 aliphatic rings. The van der Waals surface area contributed by atoms with Crippen molar-refractivity contribution in [1.82, 2.24) is 10.3 Å². The average Bonchev–Trinajstić information content (AvgIpc) is 2.34. The fourth-order valence-corrected chi connectivity index (χ4v) is 2.51. The summed E-state index contributed by atoms with van der Waals surface area (Å²) in [6.45, 7) is 4.53. The monoisotopic (exact) mass is 247 g/mol. The van der Waals surface area contributed by atoms with E-state index in [9.17, 15) is 4.79 Å². The molecule has 1 heterocycles. The number of carbonyl (C=O) groups excluding carboxylic acids is 1. The lowest BCUT2D eigenvalue weighted by atomic mass is 9.79. The highest BCUT2D eigenvalue weighted by atomic mass is 16.1. The van der Waals surface area contributed by atoms with E-state index in [1.807, 2.05) is 0 Å². The number of hydrogen-bond acceptors (Lipinski definition) is 3. The second-order valence-corrected chi connectivity index (χ2v) is 5.41. The van der Waals surface area contributed by atoms with Gasteiger partial charge in [-0.2, -0.15) is 0 Å². The Morgan fingerprint density at radius 2 is 2.17 bits per heavy atom. The average molecular weight is 247 g/mol. The quantitative estimate of drug-likeness (QED) is 0.842. The summed E-state index contributed by atoms with van der Waals surface area (Å²) in [4.78, 5) is 16.1. The smallest absolute Gasteiger partial charge is 0.270 e. The molecule has 1 aliphatic carbocycles. The molecule has 1 aromatic rings. The van der Waals surface area contributed by atoms with Crippen LogP contribution in [-0.4, -0.2) is 16.9 Å². The van der Waals surface area contributed by atoms with Crippen molar-refractivity contribution in [3.8, 4) is 0 Å². The van der Waals surface area contributed by atoms with Crippen LogP contribution in [0.4, 0.5) is 5.69 Å². The number of hydrogen-bond donors (Lipinski definition) is 2. The third-order valence-corrected chi connectivity index (χ3v) is 3.95. The van der Waals surface area contributed by atoms with E-state index in [-0.39, 0.29) is 11.9 Å². The molecule has 2 rings (SSSR count). The molecule has 0 radical (unpaired) electrons. The number of nitrogen functional groups attached to an aromatic ring is 1. The summed E-state index contributed by atoms with van der Waals surface area (Å²) >= 11 is 0. The molecule has 1 fully saturated rings. The maximum absolute atomic E-state index is 12.0. The molecule has 1 amide bonds. The van der Waals surface area contributed by atoms with Crippen molar-refractivity contribution in [2.45, 2.75) is 39.2 Å². The molecular weight excluding hydrogens is 226 g/mol. The van der Waals surface area contributed by atoms with Crippen molar-refractivity contribution in [3.63, 3.8) is 0 Å². The zero-order valence-corrected chi connectivity index (χ0v) is 11.0. The minimum atomic E-state index is -0.117. The van der Waals surface area contributed by atoms with Gasteiger partial charge in [-0.05, 0) is 43.2 Å². The standard InChI is InChI=1S/C14H21N3O/c1-9-3-4-12(7-10(9)2)17-14(18)13-8-11(15)5-6-16-13/h5-6,8-10,12H,3-4,7H2,1-2H3,(H2,15,16)(H,17,18). The first-order valence-electron chi connectivity index (χ1n) is 6.58. The number of nitrogens with two attached hydrogens (primary N) is 1. The molecule has 4 heteroatoms. The Bertz CT molecular complexity index is 433. The molecule has 0 spiro atoms. The van der Waals surface area contributed by atoms with Crippen LogP contribution in [0.1, 0.15) is 43.6 Å². The number of amides is 1. The molecule has 3 N–H and O–H groups in total. The van der Waals surface area contributed by atoms with Crippen LogP contribution in [0.3, 0.4) is 0 Å². The first-order chi connectivity index (χ1) is 8.56. The molecule has 0 saturated heterocycles. The van der Waals surface area contributed by atoms with Crippen molar-refractivity contribution < 1.29 is 4.79 Å². The van der Waals surface area contributed by atoms with E-state index in [1.54, 1.807) is 18.3 Å². The molecule has 1 saturated carbocycles. The van der Waals surface area contributed by atoms with Crippen LogP contribution < -0.4 is 11.1 Å². The molecule has 0 bridgehead atoms. The Morgan fingerprint density at radius 3 is 2.83 bits per heavy atom. The van der Waals surface area contributed by atoms with E-state index in [2.05, 4.69) is 24.1 Å². The number of pyridine rings is 1. The van der Waals surface area contributed by atoms with Gasteiger partial charge in [0.25, 0.3) is 5.91 Å². The first kappa shape index (κ1) is 12.9. The Balaban J connectivity index is 1.96. The molecule has 4 nitrogen and oxygen atoms in total. The van der Waals surface area contributed by atoms with Gasteiger partial charge in [-0.25, -0.2) is 0 Å². The highest BCUT2D eigenvalue weighted by Gasteiger charge is 2.25. The van der Waals surface area contributed by atoms with Crippen LogP contribution in [0.25, 0.3) is 0 Å². The van der Waals surface area contributed by atoms with Gasteiger partial charge < -0.3 is 11.1 Å². The lowest BCUT2D eigenvalue weighted by molar-refractivity contribution is 0.0905. The number of carbonyl (C=O) groups is 1. The van der Waals surface area contributed by atoms with Crippen LogP contribution in [0.5, 0.6) is 0 Å². The van der Waals surface area contributed by atoms with E-state index in [4.69, 9.17) is 5.73 Å². The van der Waals surface area contributed by atoms with Gasteiger partial charge in [0.15, 0.2) is 0 Å². The van der Waals surface area contributed by atoms with Crippen molar-refractivity contribution in [2.24, 2.45) is 11.8 Å². The lowest BCUT2D eigenvalue weighted by Gasteiger charge is -2.32. The largest absolute Gasteiger partial charge is 0.399 e. The normalized spacial score (nSPS) is 27.8. The molecule has 98 valence electrons. The third kappa shape index (κ3) is 3.00. The van der Waals surface area contributed by atoms with Crippen molar-refractivity contribution in [2.75, 3.05) is 5.73 Å². The number of nitrogens with zero attached hydrogens (tertiary/aromatic N) is 1. The van der Waals surface area contributed by atoms with Crippen LogP contribution in [-0.2, 0) is 0 Å². The molecule has 0 aliphatic heterocycles. The number of anilines is 1. The van der Waals surface area contributed by atoms with Crippen LogP contribution >= 0.6 is 0 Å². The summed E-state index contributed by atoms with van der Waals surface area (Å²) in [6, 6.07) is 3.57. The van der Waals surface area contributed by atoms with Crippen molar-refractivity contribution in [3.05, 3.63) is 24.0 Å². The molecule has 3 atom stereocenters. The summed E-state index contributed by atoms with van der Waals surface area (Å²) < 4.78 is 0. The van der Waals surface area contributed by atoms with E-state index in [1.165, 1.54) is 6.42 Å². The second-order valence-electron chi connectivity index (χ2n) is 5.41. The maximum Gasteiger partial charge on any atom is 0.270 e. The predicted octanol–water partition coefficient (Wildman–Crippen LogP) is 2.22. The van der Waals surface area contributed by atoms with Crippen LogP contribution in [0.15, 0.2) is 18.3 Å². The van der Waals surface area contributed by atoms with E-state index in [0.29, 0.717) is 17.3 Å². The summed E-state index contributed by atoms with van der Waals surface area (Å²) in [6.07, 6.45) is 4.85. The topological polar surface area (TPSA) is 68.0 Å². The fraction of sp³-hybridized carbons (Fsp3) is 0.571. The minimum Gasteiger partial charge on any atom is -0.399 e. The fourth-order valence-electron chi connectivity index (χ4n) is 2.51. The van der Waals surface area contributed by atoms with Crippen molar-refractivity contribution >= 4 is 11.6 Å². The van der Waals surface area contributed by atoms with Crippen molar-refractivity contribution in [1.29, 1.82) is 0 Å². The Morgan fingerprint density at radius 1 is 1.39 bits per heavy atom. The zero-order chi connectivity index (χ0) is 13.1. The zero-order valence-electron chi connectivity index (χ0n) is 11.0. The van der Waals surface area contributed by atoms with Gasteiger partial charge in [0.1, 0.15) is 5.69 Å². The van der Waals surface area contributed by atoms with E-state index >= 15 is 0 Å². The van der Waals surface area contributed by atoms with Gasteiger partial charge in [0, 0.05) is 17.9 Å². The van der Waals surface area contributed by atoms with E-state index in [0.717, 1.165) is 18.8 Å². The highest BCUT2D eigenvalue weighted by Crippen LogP contribution is 2.29. The molecule has 0 aromatic carbocycles. The number of aromatic nitrogens is 1. The Hall–Kier alpha value is -1.58. The number of rotatable bonds is 2. The van der Waals surface area contributed by atoms with Gasteiger partial charge in [0.2, 0.25) is 0 Å². The SMILES string of the molecule is CC1CCC(NC(=O)c2cc(N)ccn2)CC1C. The predicted molar refractivity (Wildman–Crippen MR) is 72.1 cm³/mol. The minimum absolute atomic E-state index is 0.117. The lowest BCUT2D eigenvalue weighted by Crippen LogP contribution is -2.40. The van der Waals surface area contributed by atoms with E-state index < -0.39 is 0 Å². The summed E-state index contributed by atoms with van der Waals surface area (Å²) in [5, 5.41) is 3.06. The first-order valence-corrected chi connectivity index (χ1v) is 6.58. The summed E-state index contributed by atoms with van der Waals surface area (Å²) in [7, 11) is 0. The summed E-state index contributed by atoms with van der Waals surface area (Å²) in [5.41, 5.74) is 6.62. The Kier molecular flexibility index (Phi) is 3.84. The highest BCUT2D eigenvalue weighted by molar-refractivity contribution is 5.93. The maximum atomic E-state index is 12.0. The van der Waals surface area contributed by atoms with Crippen LogP contribution in [0, 0.1) is 11.8 Å². The van der Waals surface area contributed by atoms with Crippen LogP contribution in [0.2, 0.25) is 0 Å². The number of nitrogens with one attached hydrogen (secondary N) is 1. The van der Waals surface area contributed by atoms with Gasteiger partial charge in [0.05, 0.1) is 0 Å². The Labute approximate surface area is 108 Å². The molecule has 18 heavy (non-hydrogen) atoms. The van der Waals surface area contributed by atoms with Gasteiger partial charge >= 0.3 is 0 Å². The summed E-state index contributed by atoms with van der Waals surface area (Å²) in [5.74, 6) is 1.30. The molecular formula is C14H21N3O. The molecule has 3 unspecified atom stereocenters. The second kappa shape index (κ2) is 5.38. The van der Waals surface area contributed by atoms with Gasteiger partial charge in [-0.1, -0.05) is 13.8 Å². The van der Waals surface area contributed by atoms with Gasteiger partial charge in [-0.15, -0.1) is 0 Å². The van der Waals surface area contributed by atoms with Gasteiger partial charge in [-0.3, -0.25) is 9.78 Å².